The Balaban J connectivity index is 2.67. The van der Waals surface area contributed by atoms with Gasteiger partial charge in [0.1, 0.15) is 12.2 Å². The van der Waals surface area contributed by atoms with Gasteiger partial charge in [-0.1, -0.05) is 0 Å². The lowest BCUT2D eigenvalue weighted by Crippen LogP contribution is -2.33. The maximum Gasteiger partial charge on any atom is 0.200 e. The number of rotatable bonds is 0. The van der Waals surface area contributed by atoms with Gasteiger partial charge in [0.05, 0.1) is 12.6 Å². The zero-order valence-electron chi connectivity index (χ0n) is 5.83. The molecule has 0 N–H and O–H groups in total. The summed E-state index contributed by atoms with van der Waals surface area (Å²) in [7, 11) is 4.90. The number of halogens is 1. The molecule has 1 heterocycles. The van der Waals surface area contributed by atoms with E-state index in [-0.39, 0.29) is 13.0 Å². The molecule has 1 amide bonds. The molecule has 0 aliphatic carbocycles. The summed E-state index contributed by atoms with van der Waals surface area (Å²) in [5, 5.41) is 8.44. The Morgan fingerprint density at radius 1 is 1.82 bits per heavy atom. The number of nitriles is 1. The molecular weight excluding hydrogens is 146 g/mol. The molecule has 0 saturated carbocycles. The quantitative estimate of drug-likeness (QED) is 0.465. The van der Waals surface area contributed by atoms with Crippen molar-refractivity contribution in [3.05, 3.63) is 0 Å². The molecule has 2 radical (unpaired) electrons. The van der Waals surface area contributed by atoms with Crippen LogP contribution in [0.3, 0.4) is 0 Å². The van der Waals surface area contributed by atoms with Crippen LogP contribution in [0.4, 0.5) is 9.18 Å². The molecule has 2 atom stereocenters. The number of carbonyl (C=O) groups is 1. The maximum absolute atomic E-state index is 12.6. The fraction of sp³-hybridized carbons (Fsp3) is 0.667. The van der Waals surface area contributed by atoms with Crippen LogP contribution in [0.1, 0.15) is 6.42 Å². The minimum Gasteiger partial charge on any atom is -0.333 e. The molecule has 0 unspecified atom stereocenters. The second-order valence-corrected chi connectivity index (χ2v) is 2.47. The highest BCUT2D eigenvalue weighted by molar-refractivity contribution is 6.57. The summed E-state index contributed by atoms with van der Waals surface area (Å²) in [4.78, 5) is 11.6. The van der Waals surface area contributed by atoms with E-state index in [1.165, 1.54) is 0 Å². The number of hydrogen-bond acceptors (Lipinski definition) is 2. The third kappa shape index (κ3) is 1.51. The van der Waals surface area contributed by atoms with E-state index in [9.17, 15) is 9.18 Å². The predicted octanol–water partition coefficient (Wildman–Crippen LogP) is 0.211. The summed E-state index contributed by atoms with van der Waals surface area (Å²) in [6.45, 7) is -0.0481. The van der Waals surface area contributed by atoms with Crippen molar-refractivity contribution in [3.8, 4) is 6.07 Å². The van der Waals surface area contributed by atoms with Crippen LogP contribution in [0.2, 0.25) is 0 Å². The number of nitrogens with zero attached hydrogens (tertiary/aromatic N) is 2. The van der Waals surface area contributed by atoms with E-state index in [0.29, 0.717) is 0 Å². The Hall–Kier alpha value is -1.05. The molecule has 1 saturated heterocycles. The molecule has 56 valence electrons. The first-order valence-electron chi connectivity index (χ1n) is 3.25. The van der Waals surface area contributed by atoms with Gasteiger partial charge in [-0.2, -0.15) is 5.26 Å². The van der Waals surface area contributed by atoms with Crippen LogP contribution in [-0.4, -0.2) is 37.3 Å². The van der Waals surface area contributed by atoms with E-state index in [4.69, 9.17) is 13.1 Å². The molecule has 1 rings (SSSR count). The molecule has 3 nitrogen and oxygen atoms in total. The lowest BCUT2D eigenvalue weighted by atomic mass is 10.1. The standard InChI is InChI=1S/C6H6BFN2O/c7-6(11)10-3-4(8)1-5(10)2-9/h4-5H,1,3H2/t4-,5-/m0/s1. The number of hydrogen-bond donors (Lipinski definition) is 0. The van der Waals surface area contributed by atoms with E-state index in [0.717, 1.165) is 4.90 Å². The third-order valence-electron chi connectivity index (χ3n) is 1.68. The highest BCUT2D eigenvalue weighted by atomic mass is 19.1. The van der Waals surface area contributed by atoms with Crippen LogP contribution in [0, 0.1) is 11.3 Å². The first-order valence-corrected chi connectivity index (χ1v) is 3.25. The predicted molar refractivity (Wildman–Crippen MR) is 36.8 cm³/mol. The summed E-state index contributed by atoms with van der Waals surface area (Å²) in [5.74, 6) is -0.725. The Morgan fingerprint density at radius 3 is 2.82 bits per heavy atom. The number of likely N-dealkylation sites (tertiary alicyclic amines) is 1. The molecular formula is C6H6BFN2O. The van der Waals surface area contributed by atoms with Gasteiger partial charge in [-0.25, -0.2) is 4.39 Å². The Kier molecular flexibility index (Phi) is 2.13. The third-order valence-corrected chi connectivity index (χ3v) is 1.68. The monoisotopic (exact) mass is 152 g/mol. The topological polar surface area (TPSA) is 44.1 Å². The fourth-order valence-electron chi connectivity index (χ4n) is 1.15. The van der Waals surface area contributed by atoms with Crippen LogP contribution in [0.5, 0.6) is 0 Å². The molecule has 11 heavy (non-hydrogen) atoms. The first kappa shape index (κ1) is 8.06. The largest absolute Gasteiger partial charge is 0.333 e. The second kappa shape index (κ2) is 2.91. The molecule has 1 aliphatic heterocycles. The van der Waals surface area contributed by atoms with Gasteiger partial charge in [0, 0.05) is 6.42 Å². The summed E-state index contributed by atoms with van der Waals surface area (Å²) in [5.41, 5.74) is 0. The average molecular weight is 152 g/mol. The van der Waals surface area contributed by atoms with Crippen molar-refractivity contribution in [2.45, 2.75) is 18.6 Å². The SMILES string of the molecule is [B]C(=O)N1C[C@@H](F)C[C@H]1C#N. The van der Waals surface area contributed by atoms with Crippen molar-refractivity contribution in [2.24, 2.45) is 0 Å². The molecule has 0 aromatic rings. The van der Waals surface area contributed by atoms with Crippen LogP contribution < -0.4 is 0 Å². The van der Waals surface area contributed by atoms with Gasteiger partial charge in [0.15, 0.2) is 5.81 Å². The van der Waals surface area contributed by atoms with Crippen molar-refractivity contribution in [2.75, 3.05) is 6.54 Å². The highest BCUT2D eigenvalue weighted by Gasteiger charge is 2.32. The van der Waals surface area contributed by atoms with Crippen LogP contribution >= 0.6 is 0 Å². The molecule has 0 spiro atoms. The summed E-state index contributed by atoms with van der Waals surface area (Å²) in [6, 6.07) is 1.13. The van der Waals surface area contributed by atoms with Crippen molar-refractivity contribution in [1.82, 2.24) is 4.90 Å². The van der Waals surface area contributed by atoms with Crippen molar-refractivity contribution in [1.29, 1.82) is 5.26 Å². The van der Waals surface area contributed by atoms with Crippen molar-refractivity contribution >= 4 is 13.7 Å². The van der Waals surface area contributed by atoms with Crippen LogP contribution in [0.25, 0.3) is 0 Å². The smallest absolute Gasteiger partial charge is 0.200 e. The molecule has 5 heteroatoms. The Labute approximate surface area is 65.2 Å². The minimum absolute atomic E-state index is 0.0481. The summed E-state index contributed by atoms with van der Waals surface area (Å²) >= 11 is 0. The average Bonchev–Trinajstić information content (AvgIpc) is 2.30. The molecule has 0 aromatic heterocycles. The maximum atomic E-state index is 12.6. The lowest BCUT2D eigenvalue weighted by Gasteiger charge is -2.16. The molecule has 1 aliphatic rings. The number of amides is 1. The lowest BCUT2D eigenvalue weighted by molar-refractivity contribution is 0.221. The number of alkyl halides is 1. The van der Waals surface area contributed by atoms with Gasteiger partial charge >= 0.3 is 0 Å². The Morgan fingerprint density at radius 2 is 2.45 bits per heavy atom. The van der Waals surface area contributed by atoms with Gasteiger partial charge in [0.25, 0.3) is 0 Å². The highest BCUT2D eigenvalue weighted by Crippen LogP contribution is 2.19. The van der Waals surface area contributed by atoms with Gasteiger partial charge < -0.3 is 4.90 Å². The van der Waals surface area contributed by atoms with E-state index in [2.05, 4.69) is 0 Å². The van der Waals surface area contributed by atoms with Gasteiger partial charge in [-0.05, 0) is 0 Å². The van der Waals surface area contributed by atoms with Gasteiger partial charge in [-0.15, -0.1) is 0 Å². The second-order valence-electron chi connectivity index (χ2n) is 2.47. The van der Waals surface area contributed by atoms with Crippen LogP contribution in [0.15, 0.2) is 0 Å². The molecule has 0 bridgehead atoms. The van der Waals surface area contributed by atoms with Crippen molar-refractivity contribution in [3.63, 3.8) is 0 Å². The summed E-state index contributed by atoms with van der Waals surface area (Å²) < 4.78 is 12.6. The van der Waals surface area contributed by atoms with Crippen molar-refractivity contribution < 1.29 is 9.18 Å². The molecule has 1 fully saturated rings. The summed E-state index contributed by atoms with van der Waals surface area (Å²) in [6.07, 6.45) is -1.02. The van der Waals surface area contributed by atoms with Crippen LogP contribution in [-0.2, 0) is 0 Å². The molecule has 0 aromatic carbocycles. The minimum atomic E-state index is -1.10. The van der Waals surface area contributed by atoms with E-state index >= 15 is 0 Å². The van der Waals surface area contributed by atoms with E-state index < -0.39 is 18.0 Å². The van der Waals surface area contributed by atoms with Gasteiger partial charge in [0.2, 0.25) is 7.85 Å². The zero-order chi connectivity index (χ0) is 8.43. The van der Waals surface area contributed by atoms with E-state index in [1.807, 2.05) is 6.07 Å². The first-order chi connectivity index (χ1) is 5.15. The number of carbonyl (C=O) groups excluding carboxylic acids is 1. The van der Waals surface area contributed by atoms with E-state index in [1.54, 1.807) is 0 Å². The fourth-order valence-corrected chi connectivity index (χ4v) is 1.15. The van der Waals surface area contributed by atoms with Gasteiger partial charge in [-0.3, -0.25) is 4.79 Å². The zero-order valence-corrected chi connectivity index (χ0v) is 5.83. The Bertz CT molecular complexity index is 215. The normalized spacial score (nSPS) is 30.0.